The fourth-order valence-electron chi connectivity index (χ4n) is 2.66. The number of carbonyl (C=O) groups is 1. The van der Waals surface area contributed by atoms with E-state index in [0.29, 0.717) is 22.8 Å². The van der Waals surface area contributed by atoms with Crippen molar-refractivity contribution in [3.8, 4) is 5.75 Å². The van der Waals surface area contributed by atoms with Gasteiger partial charge in [-0.15, -0.1) is 0 Å². The van der Waals surface area contributed by atoms with Crippen LogP contribution in [0, 0.1) is 26.6 Å². The van der Waals surface area contributed by atoms with E-state index in [-0.39, 0.29) is 24.0 Å². The summed E-state index contributed by atoms with van der Waals surface area (Å²) in [5, 5.41) is 6.69. The predicted molar refractivity (Wildman–Crippen MR) is 95.8 cm³/mol. The number of rotatable bonds is 5. The highest BCUT2D eigenvalue weighted by Crippen LogP contribution is 2.20. The first kappa shape index (κ1) is 17.7. The molecule has 1 aromatic heterocycles. The third-order valence-electron chi connectivity index (χ3n) is 3.88. The molecule has 134 valence electrons. The lowest BCUT2D eigenvalue weighted by Gasteiger charge is -2.08. The van der Waals surface area contributed by atoms with Crippen LogP contribution in [0.5, 0.6) is 5.75 Å². The Kier molecular flexibility index (Phi) is 5.02. The fourth-order valence-corrected chi connectivity index (χ4v) is 2.66. The molecule has 0 radical (unpaired) electrons. The summed E-state index contributed by atoms with van der Waals surface area (Å²) in [7, 11) is 0. The van der Waals surface area contributed by atoms with Gasteiger partial charge in [-0.25, -0.2) is 4.39 Å². The van der Waals surface area contributed by atoms with Crippen LogP contribution in [0.25, 0.3) is 0 Å². The molecule has 26 heavy (non-hydrogen) atoms. The van der Waals surface area contributed by atoms with E-state index in [9.17, 15) is 9.18 Å². The van der Waals surface area contributed by atoms with Crippen LogP contribution in [0.15, 0.2) is 47.0 Å². The summed E-state index contributed by atoms with van der Waals surface area (Å²) in [6.07, 6.45) is 0. The SMILES string of the molecule is Cc1cc(C)cc(NC(=O)c2noc(C)c2COc2ccc(F)cc2)c1. The van der Waals surface area contributed by atoms with E-state index in [2.05, 4.69) is 10.5 Å². The molecule has 0 saturated heterocycles. The standard InChI is InChI=1S/C20H19FN2O3/c1-12-8-13(2)10-16(9-12)22-20(24)19-18(14(3)26-23-19)11-25-17-6-4-15(21)5-7-17/h4-10H,11H2,1-3H3,(H,22,24). The largest absolute Gasteiger partial charge is 0.489 e. The monoisotopic (exact) mass is 354 g/mol. The number of nitrogens with one attached hydrogen (secondary N) is 1. The van der Waals surface area contributed by atoms with E-state index in [1.54, 1.807) is 6.92 Å². The van der Waals surface area contributed by atoms with Crippen molar-refractivity contribution in [1.29, 1.82) is 0 Å². The lowest BCUT2D eigenvalue weighted by Crippen LogP contribution is -2.15. The summed E-state index contributed by atoms with van der Waals surface area (Å²) >= 11 is 0. The van der Waals surface area contributed by atoms with Gasteiger partial charge in [-0.1, -0.05) is 11.2 Å². The zero-order valence-corrected chi connectivity index (χ0v) is 14.8. The molecule has 3 aromatic rings. The number of ether oxygens (including phenoxy) is 1. The Morgan fingerprint density at radius 1 is 1.12 bits per heavy atom. The number of aryl methyl sites for hydroxylation is 3. The maximum Gasteiger partial charge on any atom is 0.278 e. The van der Waals surface area contributed by atoms with Crippen LogP contribution >= 0.6 is 0 Å². The predicted octanol–water partition coefficient (Wildman–Crippen LogP) is 4.57. The van der Waals surface area contributed by atoms with Crippen molar-refractivity contribution in [3.05, 3.63) is 76.4 Å². The highest BCUT2D eigenvalue weighted by molar-refractivity contribution is 6.04. The van der Waals surface area contributed by atoms with Crippen LogP contribution in [-0.2, 0) is 6.61 Å². The van der Waals surface area contributed by atoms with Gasteiger partial charge in [0.25, 0.3) is 5.91 Å². The van der Waals surface area contributed by atoms with Crippen molar-refractivity contribution < 1.29 is 18.4 Å². The van der Waals surface area contributed by atoms with Crippen LogP contribution in [0.2, 0.25) is 0 Å². The smallest absolute Gasteiger partial charge is 0.278 e. The van der Waals surface area contributed by atoms with Gasteiger partial charge in [0.05, 0.1) is 5.56 Å². The maximum atomic E-state index is 13.0. The molecule has 3 rings (SSSR count). The highest BCUT2D eigenvalue weighted by atomic mass is 19.1. The van der Waals surface area contributed by atoms with Crippen LogP contribution < -0.4 is 10.1 Å². The number of anilines is 1. The summed E-state index contributed by atoms with van der Waals surface area (Å²) < 4.78 is 23.7. The molecule has 1 N–H and O–H groups in total. The van der Waals surface area contributed by atoms with Gasteiger partial charge in [0.15, 0.2) is 5.69 Å². The third-order valence-corrected chi connectivity index (χ3v) is 3.88. The van der Waals surface area contributed by atoms with Crippen LogP contribution in [-0.4, -0.2) is 11.1 Å². The molecular weight excluding hydrogens is 335 g/mol. The van der Waals surface area contributed by atoms with E-state index in [0.717, 1.165) is 11.1 Å². The van der Waals surface area contributed by atoms with Crippen molar-refractivity contribution in [2.75, 3.05) is 5.32 Å². The molecule has 2 aromatic carbocycles. The Bertz CT molecular complexity index is 912. The molecule has 6 heteroatoms. The molecule has 0 atom stereocenters. The van der Waals surface area contributed by atoms with E-state index in [4.69, 9.17) is 9.26 Å². The molecule has 0 fully saturated rings. The molecule has 1 heterocycles. The minimum absolute atomic E-state index is 0.0938. The Morgan fingerprint density at radius 3 is 2.42 bits per heavy atom. The number of aromatic nitrogens is 1. The summed E-state index contributed by atoms with van der Waals surface area (Å²) in [5.74, 6) is 0.280. The van der Waals surface area contributed by atoms with Crippen molar-refractivity contribution in [3.63, 3.8) is 0 Å². The highest BCUT2D eigenvalue weighted by Gasteiger charge is 2.20. The van der Waals surface area contributed by atoms with Gasteiger partial charge in [-0.2, -0.15) is 0 Å². The van der Waals surface area contributed by atoms with Crippen molar-refractivity contribution in [2.24, 2.45) is 0 Å². The van der Waals surface area contributed by atoms with Crippen molar-refractivity contribution in [1.82, 2.24) is 5.16 Å². The van der Waals surface area contributed by atoms with Gasteiger partial charge in [-0.3, -0.25) is 4.79 Å². The van der Waals surface area contributed by atoms with Crippen molar-refractivity contribution in [2.45, 2.75) is 27.4 Å². The molecule has 0 unspecified atom stereocenters. The van der Waals surface area contributed by atoms with Gasteiger partial charge in [0.2, 0.25) is 0 Å². The minimum Gasteiger partial charge on any atom is -0.489 e. The van der Waals surface area contributed by atoms with Crippen LogP contribution in [0.4, 0.5) is 10.1 Å². The van der Waals surface area contributed by atoms with E-state index in [1.165, 1.54) is 24.3 Å². The van der Waals surface area contributed by atoms with Crippen LogP contribution in [0.3, 0.4) is 0 Å². The molecule has 1 amide bonds. The zero-order chi connectivity index (χ0) is 18.7. The zero-order valence-electron chi connectivity index (χ0n) is 14.8. The number of amides is 1. The maximum absolute atomic E-state index is 13.0. The summed E-state index contributed by atoms with van der Waals surface area (Å²) in [4.78, 5) is 12.6. The Balaban J connectivity index is 1.75. The summed E-state index contributed by atoms with van der Waals surface area (Å²) in [6.45, 7) is 5.73. The lowest BCUT2D eigenvalue weighted by molar-refractivity contribution is 0.101. The van der Waals surface area contributed by atoms with E-state index < -0.39 is 0 Å². The average molecular weight is 354 g/mol. The quantitative estimate of drug-likeness (QED) is 0.729. The van der Waals surface area contributed by atoms with E-state index in [1.807, 2.05) is 32.0 Å². The van der Waals surface area contributed by atoms with Gasteiger partial charge in [-0.05, 0) is 68.3 Å². The molecule has 5 nitrogen and oxygen atoms in total. The number of halogens is 1. The molecule has 0 spiro atoms. The first-order chi connectivity index (χ1) is 12.4. The number of benzene rings is 2. The van der Waals surface area contributed by atoms with Gasteiger partial charge < -0.3 is 14.6 Å². The lowest BCUT2D eigenvalue weighted by atomic mass is 10.1. The molecule has 0 aliphatic heterocycles. The first-order valence-electron chi connectivity index (χ1n) is 8.15. The van der Waals surface area contributed by atoms with Gasteiger partial charge >= 0.3 is 0 Å². The molecule has 0 aliphatic carbocycles. The molecular formula is C20H19FN2O3. The number of carbonyl (C=O) groups excluding carboxylic acids is 1. The van der Waals surface area contributed by atoms with Crippen LogP contribution in [0.1, 0.15) is 32.9 Å². The second-order valence-electron chi connectivity index (χ2n) is 6.14. The van der Waals surface area contributed by atoms with E-state index >= 15 is 0 Å². The Morgan fingerprint density at radius 2 is 1.77 bits per heavy atom. The first-order valence-corrected chi connectivity index (χ1v) is 8.15. The average Bonchev–Trinajstić information content (AvgIpc) is 2.94. The number of hydrogen-bond acceptors (Lipinski definition) is 4. The van der Waals surface area contributed by atoms with Crippen molar-refractivity contribution >= 4 is 11.6 Å². The second kappa shape index (κ2) is 7.39. The summed E-state index contributed by atoms with van der Waals surface area (Å²) in [6, 6.07) is 11.4. The van der Waals surface area contributed by atoms with Gasteiger partial charge in [0, 0.05) is 5.69 Å². The Hall–Kier alpha value is -3.15. The number of hydrogen-bond donors (Lipinski definition) is 1. The minimum atomic E-state index is -0.371. The molecule has 0 saturated carbocycles. The normalized spacial score (nSPS) is 10.6. The Labute approximate surface area is 150 Å². The third kappa shape index (κ3) is 4.08. The van der Waals surface area contributed by atoms with Gasteiger partial charge in [0.1, 0.15) is 23.9 Å². The number of nitrogens with zero attached hydrogens (tertiary/aromatic N) is 1. The second-order valence-corrected chi connectivity index (χ2v) is 6.14. The topological polar surface area (TPSA) is 64.4 Å². The molecule has 0 bridgehead atoms. The molecule has 0 aliphatic rings. The summed E-state index contributed by atoms with van der Waals surface area (Å²) in [5.41, 5.74) is 3.52. The fraction of sp³-hybridized carbons (Fsp3) is 0.200.